The van der Waals surface area contributed by atoms with E-state index in [9.17, 15) is 9.59 Å². The van der Waals surface area contributed by atoms with Gasteiger partial charge in [0, 0.05) is 32.0 Å². The quantitative estimate of drug-likeness (QED) is 0.0595. The third-order valence-corrected chi connectivity index (χ3v) is 8.78. The zero-order valence-electron chi connectivity index (χ0n) is 28.7. The van der Waals surface area contributed by atoms with Crippen LogP contribution in [0.2, 0.25) is 0 Å². The predicted octanol–water partition coefficient (Wildman–Crippen LogP) is 10.5. The topological polar surface area (TPSA) is 71.1 Å². The molecule has 0 aromatic carbocycles. The molecule has 0 amide bonds. The fraction of sp³-hybridized carbons (Fsp3) is 0.946. The number of rotatable bonds is 30. The van der Waals surface area contributed by atoms with Gasteiger partial charge >= 0.3 is 11.9 Å². The van der Waals surface area contributed by atoms with Crippen LogP contribution in [-0.4, -0.2) is 44.7 Å². The molecule has 0 aromatic heterocycles. The van der Waals surface area contributed by atoms with Gasteiger partial charge in [-0.15, -0.1) is 0 Å². The van der Waals surface area contributed by atoms with Crippen molar-refractivity contribution in [2.24, 2.45) is 11.8 Å². The SMILES string of the molecule is CCCCCCCCC(CCCCCCCC)CC(=O)OCC(CCCCOC1CCCCO1)COC(=O)CCCCC. The molecule has 1 fully saturated rings. The van der Waals surface area contributed by atoms with Crippen molar-refractivity contribution in [1.82, 2.24) is 0 Å². The van der Waals surface area contributed by atoms with Crippen LogP contribution in [0.3, 0.4) is 0 Å². The Bertz CT molecular complexity index is 617. The maximum atomic E-state index is 13.0. The minimum Gasteiger partial charge on any atom is -0.465 e. The molecule has 0 spiro atoms. The van der Waals surface area contributed by atoms with Gasteiger partial charge in [-0.1, -0.05) is 117 Å². The van der Waals surface area contributed by atoms with E-state index >= 15 is 0 Å². The molecule has 1 aliphatic heterocycles. The standard InChI is InChI=1S/C37H70O6/c1-4-7-10-12-14-17-23-33(24-18-15-13-11-8-5-2)30-36(39)43-32-34(31-42-35(38)26-16-9-6-3)25-19-21-28-40-37-27-20-22-29-41-37/h33-34,37H,4-32H2,1-3H3. The van der Waals surface area contributed by atoms with E-state index in [1.165, 1.54) is 83.5 Å². The maximum absolute atomic E-state index is 13.0. The van der Waals surface area contributed by atoms with Gasteiger partial charge in [-0.2, -0.15) is 0 Å². The number of hydrogen-bond acceptors (Lipinski definition) is 6. The van der Waals surface area contributed by atoms with Gasteiger partial charge in [0.15, 0.2) is 6.29 Å². The van der Waals surface area contributed by atoms with Crippen molar-refractivity contribution >= 4 is 11.9 Å². The fourth-order valence-corrected chi connectivity index (χ4v) is 5.89. The van der Waals surface area contributed by atoms with Crippen LogP contribution in [0.15, 0.2) is 0 Å². The summed E-state index contributed by atoms with van der Waals surface area (Å²) in [5.41, 5.74) is 0. The summed E-state index contributed by atoms with van der Waals surface area (Å²) in [5.74, 6) is 0.221. The second-order valence-electron chi connectivity index (χ2n) is 13.0. The van der Waals surface area contributed by atoms with Crippen molar-refractivity contribution in [1.29, 1.82) is 0 Å². The largest absolute Gasteiger partial charge is 0.465 e. The number of hydrogen-bond donors (Lipinski definition) is 0. The summed E-state index contributed by atoms with van der Waals surface area (Å²) in [5, 5.41) is 0. The predicted molar refractivity (Wildman–Crippen MR) is 177 cm³/mol. The number of carbonyl (C=O) groups is 2. The molecule has 2 atom stereocenters. The molecule has 0 bridgehead atoms. The van der Waals surface area contributed by atoms with E-state index < -0.39 is 0 Å². The second-order valence-corrected chi connectivity index (χ2v) is 13.0. The normalized spacial score (nSPS) is 16.0. The highest BCUT2D eigenvalue weighted by Gasteiger charge is 2.19. The molecule has 1 aliphatic rings. The lowest BCUT2D eigenvalue weighted by molar-refractivity contribution is -0.163. The van der Waals surface area contributed by atoms with Gasteiger partial charge in [0.1, 0.15) is 0 Å². The lowest BCUT2D eigenvalue weighted by atomic mass is 9.91. The van der Waals surface area contributed by atoms with Crippen molar-refractivity contribution in [2.45, 2.75) is 188 Å². The van der Waals surface area contributed by atoms with Crippen molar-refractivity contribution in [3.05, 3.63) is 0 Å². The molecule has 43 heavy (non-hydrogen) atoms. The molecule has 0 radical (unpaired) electrons. The molecule has 1 rings (SSSR count). The van der Waals surface area contributed by atoms with Crippen molar-refractivity contribution < 1.29 is 28.5 Å². The van der Waals surface area contributed by atoms with Crippen LogP contribution in [-0.2, 0) is 28.5 Å². The van der Waals surface area contributed by atoms with Gasteiger partial charge in [0.2, 0.25) is 0 Å². The molecular weight excluding hydrogens is 540 g/mol. The average Bonchev–Trinajstić information content (AvgIpc) is 3.01. The Labute approximate surface area is 266 Å². The molecule has 2 unspecified atom stereocenters. The van der Waals surface area contributed by atoms with Crippen LogP contribution < -0.4 is 0 Å². The summed E-state index contributed by atoms with van der Waals surface area (Å²) in [4.78, 5) is 25.3. The minimum atomic E-state index is -0.138. The summed E-state index contributed by atoms with van der Waals surface area (Å²) in [6.07, 6.45) is 27.6. The molecule has 0 aliphatic carbocycles. The van der Waals surface area contributed by atoms with Crippen LogP contribution in [0.25, 0.3) is 0 Å². The Morgan fingerprint density at radius 1 is 0.628 bits per heavy atom. The summed E-state index contributed by atoms with van der Waals surface area (Å²) in [6.45, 7) is 8.76. The van der Waals surface area contributed by atoms with Gasteiger partial charge in [-0.3, -0.25) is 9.59 Å². The Morgan fingerprint density at radius 2 is 1.16 bits per heavy atom. The monoisotopic (exact) mass is 611 g/mol. The fourth-order valence-electron chi connectivity index (χ4n) is 5.89. The molecular formula is C37H70O6. The summed E-state index contributed by atoms with van der Waals surface area (Å²) >= 11 is 0. The summed E-state index contributed by atoms with van der Waals surface area (Å²) < 4.78 is 23.0. The van der Waals surface area contributed by atoms with E-state index in [0.29, 0.717) is 38.6 Å². The second kappa shape index (κ2) is 29.6. The van der Waals surface area contributed by atoms with Gasteiger partial charge in [0.05, 0.1) is 13.2 Å². The third kappa shape index (κ3) is 24.8. The maximum Gasteiger partial charge on any atom is 0.306 e. The molecule has 254 valence electrons. The lowest BCUT2D eigenvalue weighted by Gasteiger charge is -2.23. The first-order valence-corrected chi connectivity index (χ1v) is 18.6. The van der Waals surface area contributed by atoms with Crippen molar-refractivity contribution in [2.75, 3.05) is 26.4 Å². The number of esters is 2. The third-order valence-electron chi connectivity index (χ3n) is 8.78. The zero-order valence-corrected chi connectivity index (χ0v) is 28.7. The first kappa shape index (κ1) is 39.9. The summed E-state index contributed by atoms with van der Waals surface area (Å²) in [6, 6.07) is 0. The van der Waals surface area contributed by atoms with Gasteiger partial charge in [0.25, 0.3) is 0 Å². The number of unbranched alkanes of at least 4 members (excludes halogenated alkanes) is 13. The van der Waals surface area contributed by atoms with Gasteiger partial charge in [-0.25, -0.2) is 0 Å². The highest BCUT2D eigenvalue weighted by atomic mass is 16.7. The van der Waals surface area contributed by atoms with E-state index in [-0.39, 0.29) is 24.1 Å². The first-order chi connectivity index (χ1) is 21.1. The molecule has 6 heteroatoms. The highest BCUT2D eigenvalue weighted by Crippen LogP contribution is 2.23. The Balaban J connectivity index is 2.50. The van der Waals surface area contributed by atoms with Crippen LogP contribution in [0.1, 0.15) is 181 Å². The van der Waals surface area contributed by atoms with Crippen molar-refractivity contribution in [3.8, 4) is 0 Å². The van der Waals surface area contributed by atoms with Crippen LogP contribution >= 0.6 is 0 Å². The molecule has 1 saturated heterocycles. The number of ether oxygens (including phenoxy) is 4. The average molecular weight is 611 g/mol. The van der Waals surface area contributed by atoms with Crippen LogP contribution in [0.5, 0.6) is 0 Å². The lowest BCUT2D eigenvalue weighted by Crippen LogP contribution is -2.23. The Hall–Kier alpha value is -1.14. The van der Waals surface area contributed by atoms with Crippen LogP contribution in [0.4, 0.5) is 0 Å². The van der Waals surface area contributed by atoms with E-state index in [1.54, 1.807) is 0 Å². The summed E-state index contributed by atoms with van der Waals surface area (Å²) in [7, 11) is 0. The first-order valence-electron chi connectivity index (χ1n) is 18.6. The van der Waals surface area contributed by atoms with E-state index in [0.717, 1.165) is 70.8 Å². The molecule has 0 aromatic rings. The molecule has 0 saturated carbocycles. The zero-order chi connectivity index (χ0) is 31.2. The van der Waals surface area contributed by atoms with Gasteiger partial charge < -0.3 is 18.9 Å². The van der Waals surface area contributed by atoms with E-state index in [1.807, 2.05) is 0 Å². The van der Waals surface area contributed by atoms with E-state index in [4.69, 9.17) is 18.9 Å². The Morgan fingerprint density at radius 3 is 1.77 bits per heavy atom. The minimum absolute atomic E-state index is 0.0283. The Kier molecular flexibility index (Phi) is 27.4. The molecule has 1 heterocycles. The van der Waals surface area contributed by atoms with Crippen molar-refractivity contribution in [3.63, 3.8) is 0 Å². The number of carbonyl (C=O) groups excluding carboxylic acids is 2. The molecule has 6 nitrogen and oxygen atoms in total. The highest BCUT2D eigenvalue weighted by molar-refractivity contribution is 5.70. The van der Waals surface area contributed by atoms with Crippen LogP contribution in [0, 0.1) is 11.8 Å². The smallest absolute Gasteiger partial charge is 0.306 e. The van der Waals surface area contributed by atoms with E-state index in [2.05, 4.69) is 20.8 Å². The molecule has 0 N–H and O–H groups in total. The van der Waals surface area contributed by atoms with Gasteiger partial charge in [-0.05, 0) is 57.3 Å².